The molecule has 6 nitrogen and oxygen atoms in total. The lowest BCUT2D eigenvalue weighted by molar-refractivity contribution is -0.117. The molecule has 0 fully saturated rings. The molecule has 0 saturated carbocycles. The summed E-state index contributed by atoms with van der Waals surface area (Å²) >= 11 is 0. The van der Waals surface area contributed by atoms with Crippen LogP contribution in [0.25, 0.3) is 0 Å². The van der Waals surface area contributed by atoms with E-state index < -0.39 is 33.6 Å². The zero-order valence-electron chi connectivity index (χ0n) is 14.7. The molecule has 1 amide bonds. The number of fused-ring (bicyclic) bond motifs is 1. The summed E-state index contributed by atoms with van der Waals surface area (Å²) in [5, 5.41) is 5.87. The van der Waals surface area contributed by atoms with Crippen molar-refractivity contribution in [2.24, 2.45) is 0 Å². The molecule has 1 unspecified atom stereocenters. The maximum absolute atomic E-state index is 13.8. The van der Waals surface area contributed by atoms with Crippen LogP contribution in [0.1, 0.15) is 32.4 Å². The number of pyridine rings is 1. The van der Waals surface area contributed by atoms with Gasteiger partial charge in [0.15, 0.2) is 0 Å². The number of benzene rings is 1. The smallest absolute Gasteiger partial charge is 0.249 e. The Hall–Kier alpha value is -2.32. The molecule has 0 saturated heterocycles. The van der Waals surface area contributed by atoms with Gasteiger partial charge in [-0.2, -0.15) is 0 Å². The molecule has 0 bridgehead atoms. The van der Waals surface area contributed by atoms with Crippen LogP contribution in [0.2, 0.25) is 0 Å². The first kappa shape index (κ1) is 18.5. The van der Waals surface area contributed by atoms with Crippen LogP contribution >= 0.6 is 0 Å². The number of nitrogens with one attached hydrogen (secondary N) is 3. The highest BCUT2D eigenvalue weighted by Crippen LogP contribution is 2.30. The fourth-order valence-corrected chi connectivity index (χ4v) is 3.46. The lowest BCUT2D eigenvalue weighted by atomic mass is 9.98. The van der Waals surface area contributed by atoms with E-state index in [4.69, 9.17) is 0 Å². The minimum absolute atomic E-state index is 0.307. The molecule has 2 heterocycles. The van der Waals surface area contributed by atoms with Gasteiger partial charge in [-0.05, 0) is 50.6 Å². The average molecular weight is 376 g/mol. The molecule has 0 spiro atoms. The van der Waals surface area contributed by atoms with Gasteiger partial charge >= 0.3 is 0 Å². The van der Waals surface area contributed by atoms with Gasteiger partial charge in [-0.25, -0.2) is 18.3 Å². The van der Waals surface area contributed by atoms with Crippen molar-refractivity contribution in [3.63, 3.8) is 0 Å². The molecule has 8 heteroatoms. The molecule has 138 valence electrons. The van der Waals surface area contributed by atoms with Crippen LogP contribution in [-0.2, 0) is 15.8 Å². The molecule has 0 radical (unpaired) electrons. The first-order valence-electron chi connectivity index (χ1n) is 8.21. The molecule has 2 aromatic rings. The summed E-state index contributed by atoms with van der Waals surface area (Å²) in [4.78, 5) is 16.9. The molecular formula is C18H21FN4O2S. The molecule has 1 aliphatic rings. The van der Waals surface area contributed by atoms with E-state index in [0.29, 0.717) is 17.1 Å². The van der Waals surface area contributed by atoms with Gasteiger partial charge in [-0.1, -0.05) is 12.1 Å². The average Bonchev–Trinajstić information content (AvgIpc) is 2.58. The zero-order valence-corrected chi connectivity index (χ0v) is 15.6. The molecule has 3 N–H and O–H groups in total. The fourth-order valence-electron chi connectivity index (χ4n) is 2.60. The summed E-state index contributed by atoms with van der Waals surface area (Å²) < 4.78 is 28.9. The number of hydrogen-bond donors (Lipinski definition) is 3. The molecule has 1 aliphatic heterocycles. The Bertz CT molecular complexity index is 853. The molecule has 26 heavy (non-hydrogen) atoms. The summed E-state index contributed by atoms with van der Waals surface area (Å²) in [5.41, 5.74) is 1.10. The zero-order chi connectivity index (χ0) is 18.9. The fraction of sp³-hybridized carbons (Fsp3) is 0.333. The minimum Gasteiger partial charge on any atom is -0.355 e. The maximum Gasteiger partial charge on any atom is 0.249 e. The molecular weight excluding hydrogens is 355 g/mol. The third-order valence-corrected chi connectivity index (χ3v) is 5.55. The number of rotatable bonds is 4. The number of carbonyl (C=O) groups is 1. The van der Waals surface area contributed by atoms with E-state index in [1.807, 2.05) is 20.8 Å². The highest BCUT2D eigenvalue weighted by atomic mass is 32.2. The summed E-state index contributed by atoms with van der Waals surface area (Å²) in [6.07, 6.45) is 1.61. The topological polar surface area (TPSA) is 83.1 Å². The molecule has 1 aromatic heterocycles. The Morgan fingerprint density at radius 1 is 1.27 bits per heavy atom. The Kier molecular flexibility index (Phi) is 5.06. The van der Waals surface area contributed by atoms with E-state index in [2.05, 4.69) is 20.3 Å². The quantitative estimate of drug-likeness (QED) is 0.766. The third-order valence-electron chi connectivity index (χ3n) is 3.97. The number of aromatic nitrogens is 1. The predicted octanol–water partition coefficient (Wildman–Crippen LogP) is 2.75. The highest BCUT2D eigenvalue weighted by molar-refractivity contribution is 7.84. The van der Waals surface area contributed by atoms with Crippen molar-refractivity contribution < 1.29 is 13.4 Å². The summed E-state index contributed by atoms with van der Waals surface area (Å²) in [5.74, 6) is -0.217. The molecule has 0 aliphatic carbocycles. The van der Waals surface area contributed by atoms with Crippen molar-refractivity contribution >= 4 is 28.4 Å². The van der Waals surface area contributed by atoms with Crippen LogP contribution in [0.15, 0.2) is 42.6 Å². The maximum atomic E-state index is 13.8. The van der Waals surface area contributed by atoms with E-state index in [1.54, 1.807) is 30.5 Å². The number of nitrogens with zero attached hydrogens (tertiary/aromatic N) is 1. The monoisotopic (exact) mass is 376 g/mol. The Balaban J connectivity index is 1.98. The third kappa shape index (κ3) is 3.91. The standard InChI is InChI=1S/C18H21FN4O2S/c1-18(2,3)26(25)23-14(11-6-4-7-12(19)10-11)15-17(24)21-13-8-5-9-20-16(13)22-15/h4-10,14-15,23H,1-3H3,(H,20,22)(H,21,24)/t14-,15+,26?/m1/s1. The summed E-state index contributed by atoms with van der Waals surface area (Å²) in [7, 11) is -1.46. The van der Waals surface area contributed by atoms with Gasteiger partial charge in [-0.3, -0.25) is 4.79 Å². The van der Waals surface area contributed by atoms with Crippen LogP contribution < -0.4 is 15.4 Å². The summed E-state index contributed by atoms with van der Waals surface area (Å²) in [6.45, 7) is 5.47. The summed E-state index contributed by atoms with van der Waals surface area (Å²) in [6, 6.07) is 7.87. The SMILES string of the molecule is CC(C)(C)S(=O)N[C@H](c1cccc(F)c1)[C@@H]1Nc2ncccc2NC1=O. The Morgan fingerprint density at radius 2 is 2.04 bits per heavy atom. The van der Waals surface area contributed by atoms with Gasteiger partial charge in [0.25, 0.3) is 0 Å². The van der Waals surface area contributed by atoms with E-state index in [9.17, 15) is 13.4 Å². The van der Waals surface area contributed by atoms with Gasteiger partial charge < -0.3 is 10.6 Å². The van der Waals surface area contributed by atoms with Crippen molar-refractivity contribution in [1.82, 2.24) is 9.71 Å². The van der Waals surface area contributed by atoms with Gasteiger partial charge in [-0.15, -0.1) is 0 Å². The predicted molar refractivity (Wildman–Crippen MR) is 100 cm³/mol. The van der Waals surface area contributed by atoms with Gasteiger partial charge in [0.1, 0.15) is 17.7 Å². The molecule has 1 aromatic carbocycles. The van der Waals surface area contributed by atoms with Crippen LogP contribution in [0.5, 0.6) is 0 Å². The number of carbonyl (C=O) groups excluding carboxylic acids is 1. The number of amides is 1. The number of anilines is 2. The van der Waals surface area contributed by atoms with Crippen LogP contribution in [-0.4, -0.2) is 25.9 Å². The van der Waals surface area contributed by atoms with Gasteiger partial charge in [0.2, 0.25) is 5.91 Å². The van der Waals surface area contributed by atoms with Gasteiger partial charge in [0, 0.05) is 6.20 Å². The van der Waals surface area contributed by atoms with E-state index >= 15 is 0 Å². The molecule has 3 rings (SSSR count). The lowest BCUT2D eigenvalue weighted by Gasteiger charge is -2.33. The largest absolute Gasteiger partial charge is 0.355 e. The first-order valence-corrected chi connectivity index (χ1v) is 9.36. The second-order valence-electron chi connectivity index (χ2n) is 7.04. The normalized spacial score (nSPS) is 19.1. The van der Waals surface area contributed by atoms with Crippen LogP contribution in [0.3, 0.4) is 0 Å². The van der Waals surface area contributed by atoms with Crippen molar-refractivity contribution in [3.05, 3.63) is 54.0 Å². The molecule has 3 atom stereocenters. The minimum atomic E-state index is -1.46. The first-order chi connectivity index (χ1) is 12.3. The van der Waals surface area contributed by atoms with Crippen LogP contribution in [0.4, 0.5) is 15.9 Å². The van der Waals surface area contributed by atoms with Crippen molar-refractivity contribution in [2.75, 3.05) is 10.6 Å². The number of halogens is 1. The second-order valence-corrected chi connectivity index (χ2v) is 9.04. The number of hydrogen-bond acceptors (Lipinski definition) is 4. The van der Waals surface area contributed by atoms with Crippen molar-refractivity contribution in [1.29, 1.82) is 0 Å². The Labute approximate surface area is 154 Å². The van der Waals surface area contributed by atoms with E-state index in [0.717, 1.165) is 0 Å². The van der Waals surface area contributed by atoms with Gasteiger partial charge in [0.05, 0.1) is 27.5 Å². The second kappa shape index (κ2) is 7.13. The highest BCUT2D eigenvalue weighted by Gasteiger charge is 2.36. The van der Waals surface area contributed by atoms with E-state index in [1.165, 1.54) is 12.1 Å². The lowest BCUT2D eigenvalue weighted by Crippen LogP contribution is -2.50. The Morgan fingerprint density at radius 3 is 2.73 bits per heavy atom. The van der Waals surface area contributed by atoms with Crippen molar-refractivity contribution in [3.8, 4) is 0 Å². The van der Waals surface area contributed by atoms with Crippen molar-refractivity contribution in [2.45, 2.75) is 37.6 Å². The van der Waals surface area contributed by atoms with E-state index in [-0.39, 0.29) is 5.91 Å². The van der Waals surface area contributed by atoms with Crippen LogP contribution in [0, 0.1) is 5.82 Å².